The number of pyridine rings is 1. The molecule has 0 aliphatic rings. The van der Waals surface area contributed by atoms with Gasteiger partial charge in [0.1, 0.15) is 0 Å². The van der Waals surface area contributed by atoms with Gasteiger partial charge < -0.3 is 4.57 Å². The molecule has 0 saturated carbocycles. The smallest absolute Gasteiger partial charge is 0.212 e. The zero-order valence-electron chi connectivity index (χ0n) is 9.38. The molecule has 0 saturated heterocycles. The second kappa shape index (κ2) is 6.67. The third-order valence-corrected chi connectivity index (χ3v) is 3.53. The Kier molecular flexibility index (Phi) is 6.07. The molecule has 1 radical (unpaired) electrons. The molecule has 91 valence electrons. The van der Waals surface area contributed by atoms with Gasteiger partial charge in [-0.05, 0) is 10.5 Å². The maximum Gasteiger partial charge on any atom is 0.212 e. The van der Waals surface area contributed by atoms with Gasteiger partial charge in [-0.15, -0.1) is 6.07 Å². The van der Waals surface area contributed by atoms with E-state index in [2.05, 4.69) is 22.0 Å². The van der Waals surface area contributed by atoms with Crippen LogP contribution in [0.15, 0.2) is 33.5 Å². The molecule has 1 aromatic carbocycles. The molecule has 18 heavy (non-hydrogen) atoms. The number of benzene rings is 1. The summed E-state index contributed by atoms with van der Waals surface area (Å²) < 4.78 is 2.26. The Morgan fingerprint density at radius 2 is 2.00 bits per heavy atom. The molecule has 0 atom stereocenters. The molecule has 1 heterocycles. The van der Waals surface area contributed by atoms with Crippen molar-refractivity contribution in [1.82, 2.24) is 4.57 Å². The Labute approximate surface area is 148 Å². The summed E-state index contributed by atoms with van der Waals surface area (Å²) >= 11 is 15.0. The van der Waals surface area contributed by atoms with Gasteiger partial charge in [-0.3, -0.25) is 4.79 Å². The van der Waals surface area contributed by atoms with Crippen LogP contribution in [-0.4, -0.2) is 4.57 Å². The summed E-state index contributed by atoms with van der Waals surface area (Å²) in [6, 6.07) is 9.80. The van der Waals surface area contributed by atoms with Crippen LogP contribution in [0.2, 0.25) is 10.0 Å². The summed E-state index contributed by atoms with van der Waals surface area (Å²) in [7, 11) is 1.65. The molecule has 1 aromatic heterocycles. The van der Waals surface area contributed by atoms with Gasteiger partial charge in [0.25, 0.3) is 0 Å². The fourth-order valence-electron chi connectivity index (χ4n) is 1.49. The molecule has 0 fully saturated rings. The number of aromatic nitrogens is 1. The summed E-state index contributed by atoms with van der Waals surface area (Å²) in [5.41, 5.74) is 1.25. The van der Waals surface area contributed by atoms with E-state index in [9.17, 15) is 4.79 Å². The van der Waals surface area contributed by atoms with Crippen LogP contribution in [0.1, 0.15) is 0 Å². The molecule has 2 rings (SSSR count). The van der Waals surface area contributed by atoms with E-state index in [0.717, 1.165) is 10.0 Å². The maximum absolute atomic E-state index is 11.7. The quantitative estimate of drug-likeness (QED) is 0.641. The van der Waals surface area contributed by atoms with Crippen molar-refractivity contribution >= 4 is 39.1 Å². The van der Waals surface area contributed by atoms with Crippen molar-refractivity contribution in [3.05, 3.63) is 55.2 Å². The average Bonchev–Trinajstić information content (AvgIpc) is 2.28. The first-order valence-corrected chi connectivity index (χ1v) is 6.28. The Hall–Kier alpha value is 0.334. The Morgan fingerprint density at radius 1 is 1.33 bits per heavy atom. The normalized spacial score (nSPS) is 10.0. The molecule has 6 heteroatoms. The van der Waals surface area contributed by atoms with Gasteiger partial charge in [0.2, 0.25) is 5.56 Å². The predicted octanol–water partition coefficient (Wildman–Crippen LogP) is 3.92. The van der Waals surface area contributed by atoms with E-state index >= 15 is 0 Å². The number of halogens is 3. The topological polar surface area (TPSA) is 22.0 Å². The summed E-state index contributed by atoms with van der Waals surface area (Å²) in [5, 5.41) is 0.779. The Morgan fingerprint density at radius 3 is 2.61 bits per heavy atom. The van der Waals surface area contributed by atoms with Crippen molar-refractivity contribution in [3.63, 3.8) is 0 Å². The van der Waals surface area contributed by atoms with Crippen molar-refractivity contribution in [2.75, 3.05) is 0 Å². The van der Waals surface area contributed by atoms with E-state index in [1.165, 1.54) is 10.6 Å². The summed E-state index contributed by atoms with van der Waals surface area (Å²) in [5.74, 6) is 0. The van der Waals surface area contributed by atoms with E-state index in [4.69, 9.17) is 23.2 Å². The average molecular weight is 421 g/mol. The fraction of sp³-hybridized carbons (Fsp3) is 0.0833. The van der Waals surface area contributed by atoms with Crippen molar-refractivity contribution in [2.24, 2.45) is 7.05 Å². The predicted molar refractivity (Wildman–Crippen MR) is 73.7 cm³/mol. The van der Waals surface area contributed by atoms with Gasteiger partial charge in [-0.1, -0.05) is 44.9 Å². The number of hydrogen-bond donors (Lipinski definition) is 0. The van der Waals surface area contributed by atoms with Crippen molar-refractivity contribution < 1.29 is 32.7 Å². The van der Waals surface area contributed by atoms with Crippen molar-refractivity contribution in [2.45, 2.75) is 0 Å². The molecule has 0 N–H and O–H groups in total. The number of hydrogen-bond acceptors (Lipinski definition) is 1. The fourth-order valence-corrected chi connectivity index (χ4v) is 2.54. The minimum atomic E-state index is -0.248. The van der Waals surface area contributed by atoms with E-state index < -0.39 is 0 Å². The summed E-state index contributed by atoms with van der Waals surface area (Å²) in [6.07, 6.45) is 0. The van der Waals surface area contributed by atoms with E-state index in [1.807, 2.05) is 6.07 Å². The number of nitrogens with zero attached hydrogens (tertiary/aromatic N) is 1. The minimum absolute atomic E-state index is 0. The molecule has 0 bridgehead atoms. The van der Waals surface area contributed by atoms with Crippen LogP contribution in [0.25, 0.3) is 11.3 Å². The zero-order chi connectivity index (χ0) is 12.6. The molecule has 2 aromatic rings. The second-order valence-electron chi connectivity index (χ2n) is 3.47. The first-order valence-electron chi connectivity index (χ1n) is 4.73. The van der Waals surface area contributed by atoms with Crippen LogP contribution in [0, 0.1) is 6.07 Å². The van der Waals surface area contributed by atoms with Crippen LogP contribution in [0.4, 0.5) is 0 Å². The van der Waals surface area contributed by atoms with E-state index in [1.54, 1.807) is 19.2 Å². The first kappa shape index (κ1) is 16.4. The molecule has 0 unspecified atom stereocenters. The van der Waals surface area contributed by atoms with Crippen LogP contribution < -0.4 is 5.56 Å². The van der Waals surface area contributed by atoms with Gasteiger partial charge in [-0.25, -0.2) is 0 Å². The number of rotatable bonds is 1. The van der Waals surface area contributed by atoms with E-state index in [-0.39, 0.29) is 43.3 Å². The Balaban J connectivity index is 0.00000162. The maximum atomic E-state index is 11.7. The Bertz CT molecular complexity index is 642. The largest absolute Gasteiger partial charge is 0.344 e. The molecule has 0 spiro atoms. The molecule has 2 nitrogen and oxygen atoms in total. The molecular formula is C12H7BrCl2NOY-. The van der Waals surface area contributed by atoms with Gasteiger partial charge in [0.15, 0.2) is 0 Å². The minimum Gasteiger partial charge on any atom is -0.344 e. The molecule has 0 aliphatic carbocycles. The molecule has 0 amide bonds. The SMILES string of the molecule is Cn1c(-c2ccc(Cl)cc2Br)[c-]cc(Cl)c1=O.[Y]. The van der Waals surface area contributed by atoms with Gasteiger partial charge in [0, 0.05) is 49.8 Å². The van der Waals surface area contributed by atoms with Crippen molar-refractivity contribution in [3.8, 4) is 11.3 Å². The summed E-state index contributed by atoms with van der Waals surface area (Å²) in [4.78, 5) is 11.7. The van der Waals surface area contributed by atoms with Crippen molar-refractivity contribution in [1.29, 1.82) is 0 Å². The molecule has 0 aliphatic heterocycles. The third kappa shape index (κ3) is 3.26. The first-order chi connectivity index (χ1) is 8.00. The van der Waals surface area contributed by atoms with Gasteiger partial charge in [-0.2, -0.15) is 23.7 Å². The molecular weight excluding hydrogens is 414 g/mol. The van der Waals surface area contributed by atoms with Crippen LogP contribution in [0.3, 0.4) is 0 Å². The van der Waals surface area contributed by atoms with E-state index in [0.29, 0.717) is 10.7 Å². The van der Waals surface area contributed by atoms with Gasteiger partial charge >= 0.3 is 0 Å². The monoisotopic (exact) mass is 419 g/mol. The van der Waals surface area contributed by atoms with Crippen LogP contribution in [0.5, 0.6) is 0 Å². The van der Waals surface area contributed by atoms with Crippen LogP contribution in [-0.2, 0) is 39.8 Å². The van der Waals surface area contributed by atoms with Gasteiger partial charge in [0.05, 0.1) is 0 Å². The van der Waals surface area contributed by atoms with Crippen LogP contribution >= 0.6 is 39.1 Å². The zero-order valence-corrected chi connectivity index (χ0v) is 15.3. The summed E-state index contributed by atoms with van der Waals surface area (Å²) in [6.45, 7) is 0. The third-order valence-electron chi connectivity index (χ3n) is 2.37. The second-order valence-corrected chi connectivity index (χ2v) is 5.17. The standard InChI is InChI=1S/C12H7BrCl2NO.Y/c1-16-11(5-4-10(15)12(16)17)8-3-2-7(14)6-9(8)13;/h2-4,6H,1H3;/q-1;.